The van der Waals surface area contributed by atoms with Gasteiger partial charge in [-0.2, -0.15) is 0 Å². The number of carbonyl (C=O) groups excluding carboxylic acids is 1. The Morgan fingerprint density at radius 2 is 1.65 bits per heavy atom. The lowest BCUT2D eigenvalue weighted by atomic mass is 10.2. The van der Waals surface area contributed by atoms with E-state index in [-0.39, 0.29) is 28.2 Å². The maximum Gasteiger partial charge on any atom is 0.261 e. The highest BCUT2D eigenvalue weighted by Gasteiger charge is 2.22. The van der Waals surface area contributed by atoms with Gasteiger partial charge in [0.25, 0.3) is 15.9 Å². The molecule has 194 valence electrons. The van der Waals surface area contributed by atoms with E-state index in [1.54, 1.807) is 29.2 Å². The molecule has 0 spiro atoms. The van der Waals surface area contributed by atoms with Crippen molar-refractivity contribution in [1.82, 2.24) is 9.80 Å². The van der Waals surface area contributed by atoms with E-state index in [2.05, 4.69) is 33.9 Å². The van der Waals surface area contributed by atoms with Gasteiger partial charge in [0.15, 0.2) is 6.61 Å². The molecule has 4 rings (SSSR count). The van der Waals surface area contributed by atoms with Gasteiger partial charge in [0, 0.05) is 43.4 Å². The van der Waals surface area contributed by atoms with Crippen LogP contribution in [-0.4, -0.2) is 63.5 Å². The lowest BCUT2D eigenvalue weighted by molar-refractivity contribution is -0.135. The monoisotopic (exact) mass is 559 g/mol. The Bertz CT molecular complexity index is 1340. The number of amides is 1. The fourth-order valence-corrected chi connectivity index (χ4v) is 5.32. The predicted octanol–water partition coefficient (Wildman–Crippen LogP) is 5.03. The summed E-state index contributed by atoms with van der Waals surface area (Å²) in [5.74, 6) is 0.0989. The highest BCUT2D eigenvalue weighted by Crippen LogP contribution is 2.28. The summed E-state index contributed by atoms with van der Waals surface area (Å²) in [6, 6.07) is 20.5. The fraction of sp³-hybridized carbons (Fsp3) is 0.222. The molecule has 1 N–H and O–H groups in total. The summed E-state index contributed by atoms with van der Waals surface area (Å²) < 4.78 is 33.4. The van der Waals surface area contributed by atoms with Crippen LogP contribution in [-0.2, 0) is 14.8 Å². The summed E-state index contributed by atoms with van der Waals surface area (Å²) in [4.78, 5) is 16.7. The van der Waals surface area contributed by atoms with Crippen molar-refractivity contribution in [3.05, 3.63) is 94.5 Å². The molecule has 0 aliphatic carbocycles. The number of nitrogens with one attached hydrogen (secondary N) is 1. The van der Waals surface area contributed by atoms with E-state index < -0.39 is 10.0 Å². The van der Waals surface area contributed by atoms with Gasteiger partial charge in [0.05, 0.1) is 9.92 Å². The smallest absolute Gasteiger partial charge is 0.261 e. The molecule has 0 aromatic heterocycles. The molecule has 7 nitrogen and oxygen atoms in total. The molecule has 0 unspecified atom stereocenters. The third-order valence-electron chi connectivity index (χ3n) is 5.86. The topological polar surface area (TPSA) is 78.9 Å². The van der Waals surface area contributed by atoms with E-state index in [0.29, 0.717) is 23.8 Å². The van der Waals surface area contributed by atoms with Gasteiger partial charge in [-0.3, -0.25) is 14.4 Å². The van der Waals surface area contributed by atoms with Crippen molar-refractivity contribution in [2.24, 2.45) is 0 Å². The van der Waals surface area contributed by atoms with Crippen molar-refractivity contribution in [3.8, 4) is 5.75 Å². The Hall–Kier alpha value is -3.04. The molecule has 37 heavy (non-hydrogen) atoms. The first kappa shape index (κ1) is 27.0. The second-order valence-corrected chi connectivity index (χ2v) is 11.0. The first-order valence-corrected chi connectivity index (χ1v) is 14.0. The second kappa shape index (κ2) is 12.5. The minimum absolute atomic E-state index is 0.0245. The second-order valence-electron chi connectivity index (χ2n) is 8.49. The number of benzene rings is 3. The number of piperazine rings is 1. The van der Waals surface area contributed by atoms with E-state index in [0.717, 1.165) is 25.2 Å². The van der Waals surface area contributed by atoms with Gasteiger partial charge in [-0.05, 0) is 48.0 Å². The van der Waals surface area contributed by atoms with E-state index in [9.17, 15) is 13.2 Å². The normalized spacial score (nSPS) is 14.6. The molecule has 1 fully saturated rings. The van der Waals surface area contributed by atoms with Crippen LogP contribution in [0.15, 0.2) is 83.8 Å². The molecule has 3 aromatic carbocycles. The zero-order valence-corrected chi connectivity index (χ0v) is 22.3. The summed E-state index contributed by atoms with van der Waals surface area (Å²) in [5, 5.41) is 0.599. The molecule has 1 amide bonds. The van der Waals surface area contributed by atoms with Gasteiger partial charge >= 0.3 is 0 Å². The minimum Gasteiger partial charge on any atom is -0.482 e. The molecule has 1 saturated heterocycles. The highest BCUT2D eigenvalue weighted by molar-refractivity contribution is 7.92. The molecule has 0 bridgehead atoms. The van der Waals surface area contributed by atoms with Gasteiger partial charge < -0.3 is 9.64 Å². The standard InChI is InChI=1S/C27H27Cl2N3O4S/c28-22-8-10-23(11-9-22)30-37(34,35)24-12-13-26(25(29)19-24)36-20-27(33)32-17-15-31(16-18-32)14-4-7-21-5-2-1-3-6-21/h1-13,19,30H,14-18,20H2/b7-4+. The molecular weight excluding hydrogens is 533 g/mol. The van der Waals surface area contributed by atoms with Crippen molar-refractivity contribution in [2.75, 3.05) is 44.1 Å². The Balaban J connectivity index is 1.25. The van der Waals surface area contributed by atoms with Gasteiger partial charge in [-0.1, -0.05) is 65.7 Å². The lowest BCUT2D eigenvalue weighted by Crippen LogP contribution is -2.49. The Morgan fingerprint density at radius 3 is 2.32 bits per heavy atom. The largest absolute Gasteiger partial charge is 0.482 e. The van der Waals surface area contributed by atoms with Crippen LogP contribution >= 0.6 is 23.2 Å². The van der Waals surface area contributed by atoms with Crippen molar-refractivity contribution in [2.45, 2.75) is 4.90 Å². The van der Waals surface area contributed by atoms with Crippen LogP contribution in [0.1, 0.15) is 5.56 Å². The summed E-state index contributed by atoms with van der Waals surface area (Å²) in [7, 11) is -3.86. The maximum absolute atomic E-state index is 12.7. The molecule has 1 heterocycles. The summed E-state index contributed by atoms with van der Waals surface area (Å²) in [6.45, 7) is 3.43. The number of hydrogen-bond acceptors (Lipinski definition) is 5. The molecule has 1 aliphatic rings. The van der Waals surface area contributed by atoms with Gasteiger partial charge in [0.1, 0.15) is 5.75 Å². The first-order chi connectivity index (χ1) is 17.8. The number of sulfonamides is 1. The number of halogens is 2. The van der Waals surface area contributed by atoms with Crippen LogP contribution in [0.3, 0.4) is 0 Å². The summed E-state index contributed by atoms with van der Waals surface area (Å²) in [5.41, 5.74) is 1.54. The minimum atomic E-state index is -3.86. The number of hydrogen-bond donors (Lipinski definition) is 1. The van der Waals surface area contributed by atoms with Crippen LogP contribution < -0.4 is 9.46 Å². The molecule has 10 heteroatoms. The third-order valence-corrected chi connectivity index (χ3v) is 7.79. The maximum atomic E-state index is 12.7. The molecule has 3 aromatic rings. The summed E-state index contributed by atoms with van der Waals surface area (Å²) >= 11 is 12.1. The average Bonchev–Trinajstić information content (AvgIpc) is 2.90. The predicted molar refractivity (Wildman–Crippen MR) is 148 cm³/mol. The van der Waals surface area contributed by atoms with Gasteiger partial charge in [-0.15, -0.1) is 0 Å². The lowest BCUT2D eigenvalue weighted by Gasteiger charge is -2.34. The molecule has 0 saturated carbocycles. The van der Waals surface area contributed by atoms with Crippen molar-refractivity contribution in [3.63, 3.8) is 0 Å². The zero-order chi connectivity index (χ0) is 26.3. The number of nitrogens with zero attached hydrogens (tertiary/aromatic N) is 2. The number of rotatable bonds is 9. The number of anilines is 1. The van der Waals surface area contributed by atoms with Gasteiger partial charge in [-0.25, -0.2) is 8.42 Å². The highest BCUT2D eigenvalue weighted by atomic mass is 35.5. The number of ether oxygens (including phenoxy) is 1. The zero-order valence-electron chi connectivity index (χ0n) is 20.0. The van der Waals surface area contributed by atoms with Crippen LogP contribution in [0.25, 0.3) is 6.08 Å². The van der Waals surface area contributed by atoms with Crippen LogP contribution in [0.4, 0.5) is 5.69 Å². The first-order valence-electron chi connectivity index (χ1n) is 11.7. The Kier molecular flexibility index (Phi) is 9.10. The molecule has 0 radical (unpaired) electrons. The van der Waals surface area contributed by atoms with Crippen LogP contribution in [0.2, 0.25) is 10.0 Å². The SMILES string of the molecule is O=C(COc1ccc(S(=O)(=O)Nc2ccc(Cl)cc2)cc1Cl)N1CCN(C/C=C/c2ccccc2)CC1. The van der Waals surface area contributed by atoms with Gasteiger partial charge in [0.2, 0.25) is 0 Å². The van der Waals surface area contributed by atoms with E-state index >= 15 is 0 Å². The quantitative estimate of drug-likeness (QED) is 0.397. The Labute approximate surface area is 227 Å². The molecular formula is C27H27Cl2N3O4S. The van der Waals surface area contributed by atoms with Crippen molar-refractivity contribution in [1.29, 1.82) is 0 Å². The van der Waals surface area contributed by atoms with Crippen molar-refractivity contribution >= 4 is 50.9 Å². The fourth-order valence-electron chi connectivity index (χ4n) is 3.81. The van der Waals surface area contributed by atoms with E-state index in [1.165, 1.54) is 18.2 Å². The Morgan fingerprint density at radius 1 is 0.946 bits per heavy atom. The third kappa shape index (κ3) is 7.72. The van der Waals surface area contributed by atoms with Crippen molar-refractivity contribution < 1.29 is 17.9 Å². The van der Waals surface area contributed by atoms with Crippen LogP contribution in [0.5, 0.6) is 5.75 Å². The van der Waals surface area contributed by atoms with Crippen LogP contribution in [0, 0.1) is 0 Å². The van der Waals surface area contributed by atoms with E-state index in [4.69, 9.17) is 27.9 Å². The average molecular weight is 561 g/mol. The van der Waals surface area contributed by atoms with E-state index in [1.807, 2.05) is 18.2 Å². The molecule has 1 aliphatic heterocycles. The molecule has 0 atom stereocenters. The number of carbonyl (C=O) groups is 1. The summed E-state index contributed by atoms with van der Waals surface area (Å²) in [6.07, 6.45) is 4.23.